The second-order valence-corrected chi connectivity index (χ2v) is 3.65. The molecule has 0 aromatic heterocycles. The highest BCUT2D eigenvalue weighted by Gasteiger charge is 2.03. The highest BCUT2D eigenvalue weighted by molar-refractivity contribution is 5.70. The molecule has 0 aliphatic rings. The van der Waals surface area contributed by atoms with Gasteiger partial charge >= 0.3 is 5.97 Å². The fourth-order valence-corrected chi connectivity index (χ4v) is 1.52. The van der Waals surface area contributed by atoms with Crippen LogP contribution in [0.25, 0.3) is 0 Å². The predicted octanol–water partition coefficient (Wildman–Crippen LogP) is 1.85. The van der Waals surface area contributed by atoms with E-state index in [4.69, 9.17) is 4.74 Å². The van der Waals surface area contributed by atoms with Crippen molar-refractivity contribution in [2.24, 2.45) is 0 Å². The Bertz CT molecular complexity index is 352. The minimum absolute atomic E-state index is 0.202. The van der Waals surface area contributed by atoms with Crippen LogP contribution in [0.3, 0.4) is 0 Å². The maximum Gasteiger partial charge on any atom is 0.307 e. The minimum Gasteiger partial charge on any atom is -0.469 e. The molecule has 4 nitrogen and oxygen atoms in total. The smallest absolute Gasteiger partial charge is 0.307 e. The zero-order valence-corrected chi connectivity index (χ0v) is 10.4. The van der Waals surface area contributed by atoms with Gasteiger partial charge in [-0.2, -0.15) is 0 Å². The molecule has 0 spiro atoms. The van der Waals surface area contributed by atoms with Gasteiger partial charge in [0.2, 0.25) is 0 Å². The van der Waals surface area contributed by atoms with Crippen LogP contribution in [0.4, 0.5) is 5.69 Å². The number of benzene rings is 1. The third-order valence-corrected chi connectivity index (χ3v) is 2.47. The number of para-hydroxylation sites is 1. The number of carbonyl (C=O) groups excluding carboxylic acids is 1. The largest absolute Gasteiger partial charge is 0.469 e. The third-order valence-electron chi connectivity index (χ3n) is 2.47. The van der Waals surface area contributed by atoms with E-state index in [0.29, 0.717) is 19.6 Å². The quantitative estimate of drug-likeness (QED) is 0.735. The molecule has 1 rings (SSSR count). The molecule has 4 heteroatoms. The van der Waals surface area contributed by atoms with Gasteiger partial charge in [0.05, 0.1) is 20.1 Å². The van der Waals surface area contributed by atoms with Crippen LogP contribution >= 0.6 is 0 Å². The van der Waals surface area contributed by atoms with Gasteiger partial charge in [0.25, 0.3) is 0 Å². The summed E-state index contributed by atoms with van der Waals surface area (Å²) in [6, 6.07) is 8.02. The van der Waals surface area contributed by atoms with Crippen LogP contribution in [0.2, 0.25) is 0 Å². The lowest BCUT2D eigenvalue weighted by Gasteiger charge is -2.11. The van der Waals surface area contributed by atoms with Crippen LogP contribution in [0, 0.1) is 0 Å². The summed E-state index contributed by atoms with van der Waals surface area (Å²) in [5.41, 5.74) is 2.24. The highest BCUT2D eigenvalue weighted by atomic mass is 16.5. The van der Waals surface area contributed by atoms with Crippen molar-refractivity contribution in [3.05, 3.63) is 29.8 Å². The molecule has 1 N–H and O–H groups in total. The number of nitrogens with one attached hydrogen (secondary N) is 1. The van der Waals surface area contributed by atoms with Gasteiger partial charge in [-0.1, -0.05) is 18.2 Å². The van der Waals surface area contributed by atoms with Crippen LogP contribution in [0.15, 0.2) is 24.3 Å². The number of esters is 1. The molecule has 0 saturated heterocycles. The Balaban J connectivity index is 2.48. The number of anilines is 1. The van der Waals surface area contributed by atoms with Crippen molar-refractivity contribution >= 4 is 11.7 Å². The maximum absolute atomic E-state index is 11.0. The van der Waals surface area contributed by atoms with E-state index in [2.05, 4.69) is 16.1 Å². The molecule has 0 amide bonds. The third kappa shape index (κ3) is 4.87. The van der Waals surface area contributed by atoms with Gasteiger partial charge in [-0.05, 0) is 18.1 Å². The van der Waals surface area contributed by atoms with E-state index in [1.807, 2.05) is 18.2 Å². The molecular weight excluding hydrogens is 218 g/mol. The van der Waals surface area contributed by atoms with Crippen molar-refractivity contribution in [1.82, 2.24) is 0 Å². The Hall–Kier alpha value is -1.55. The van der Waals surface area contributed by atoms with Crippen LogP contribution in [-0.2, 0) is 20.7 Å². The average molecular weight is 237 g/mol. The van der Waals surface area contributed by atoms with E-state index in [1.165, 1.54) is 12.7 Å². The molecule has 17 heavy (non-hydrogen) atoms. The first kappa shape index (κ1) is 13.5. The summed E-state index contributed by atoms with van der Waals surface area (Å²) >= 11 is 0. The number of carbonyl (C=O) groups is 1. The first-order valence-corrected chi connectivity index (χ1v) is 5.65. The second-order valence-electron chi connectivity index (χ2n) is 3.65. The van der Waals surface area contributed by atoms with Crippen LogP contribution < -0.4 is 5.32 Å². The second kappa shape index (κ2) is 7.68. The van der Waals surface area contributed by atoms with Gasteiger partial charge in [-0.15, -0.1) is 0 Å². The normalized spacial score (nSPS) is 10.0. The summed E-state index contributed by atoms with van der Waals surface area (Å²) in [7, 11) is 3.09. The molecule has 0 radical (unpaired) electrons. The Morgan fingerprint density at radius 3 is 2.76 bits per heavy atom. The molecule has 0 unspecified atom stereocenters. The Labute approximate surface area is 102 Å². The lowest BCUT2D eigenvalue weighted by molar-refractivity contribution is -0.140. The van der Waals surface area contributed by atoms with E-state index in [0.717, 1.165) is 12.1 Å². The topological polar surface area (TPSA) is 47.6 Å². The SMILES string of the molecule is COCCc1ccccc1NCCC(=O)OC. The minimum atomic E-state index is -0.202. The van der Waals surface area contributed by atoms with Crippen LogP contribution in [0.1, 0.15) is 12.0 Å². The Morgan fingerprint density at radius 1 is 1.29 bits per heavy atom. The molecule has 0 saturated carbocycles. The first-order chi connectivity index (χ1) is 8.27. The fraction of sp³-hybridized carbons (Fsp3) is 0.462. The lowest BCUT2D eigenvalue weighted by Crippen LogP contribution is -2.11. The van der Waals surface area contributed by atoms with Crippen molar-refractivity contribution in [2.75, 3.05) is 32.7 Å². The zero-order chi connectivity index (χ0) is 12.5. The summed E-state index contributed by atoms with van der Waals surface area (Å²) in [6.07, 6.45) is 1.23. The molecule has 0 fully saturated rings. The molecule has 0 atom stereocenters. The van der Waals surface area contributed by atoms with E-state index in [9.17, 15) is 4.79 Å². The van der Waals surface area contributed by atoms with Gasteiger partial charge < -0.3 is 14.8 Å². The van der Waals surface area contributed by atoms with Gasteiger partial charge in [-0.25, -0.2) is 0 Å². The van der Waals surface area contributed by atoms with E-state index in [1.54, 1.807) is 7.11 Å². The van der Waals surface area contributed by atoms with E-state index >= 15 is 0 Å². The van der Waals surface area contributed by atoms with Crippen molar-refractivity contribution in [1.29, 1.82) is 0 Å². The number of hydrogen-bond donors (Lipinski definition) is 1. The lowest BCUT2D eigenvalue weighted by atomic mass is 10.1. The van der Waals surface area contributed by atoms with Gasteiger partial charge in [0, 0.05) is 19.3 Å². The van der Waals surface area contributed by atoms with Crippen molar-refractivity contribution in [3.63, 3.8) is 0 Å². The number of methoxy groups -OCH3 is 2. The first-order valence-electron chi connectivity index (χ1n) is 5.65. The summed E-state index contributed by atoms with van der Waals surface area (Å²) < 4.78 is 9.64. The molecule has 0 bridgehead atoms. The summed E-state index contributed by atoms with van der Waals surface area (Å²) in [6.45, 7) is 1.27. The molecule has 1 aromatic rings. The molecule has 0 aliphatic heterocycles. The monoisotopic (exact) mass is 237 g/mol. The number of ether oxygens (including phenoxy) is 2. The van der Waals surface area contributed by atoms with E-state index in [-0.39, 0.29) is 5.97 Å². The van der Waals surface area contributed by atoms with Crippen molar-refractivity contribution in [2.45, 2.75) is 12.8 Å². The van der Waals surface area contributed by atoms with Gasteiger partial charge in [0.1, 0.15) is 0 Å². The van der Waals surface area contributed by atoms with Gasteiger partial charge in [-0.3, -0.25) is 4.79 Å². The fourth-order valence-electron chi connectivity index (χ4n) is 1.52. The predicted molar refractivity (Wildman–Crippen MR) is 67.1 cm³/mol. The van der Waals surface area contributed by atoms with E-state index < -0.39 is 0 Å². The average Bonchev–Trinajstić information content (AvgIpc) is 2.37. The number of rotatable bonds is 7. The Morgan fingerprint density at radius 2 is 2.06 bits per heavy atom. The molecule has 0 aliphatic carbocycles. The summed E-state index contributed by atoms with van der Waals surface area (Å²) in [5, 5.41) is 3.23. The van der Waals surface area contributed by atoms with Crippen molar-refractivity contribution < 1.29 is 14.3 Å². The molecule has 94 valence electrons. The Kier molecular flexibility index (Phi) is 6.10. The van der Waals surface area contributed by atoms with Crippen LogP contribution in [0.5, 0.6) is 0 Å². The molecular formula is C13H19NO3. The number of hydrogen-bond acceptors (Lipinski definition) is 4. The summed E-state index contributed by atoms with van der Waals surface area (Å²) in [4.78, 5) is 11.0. The molecule has 0 heterocycles. The van der Waals surface area contributed by atoms with Gasteiger partial charge in [0.15, 0.2) is 0 Å². The summed E-state index contributed by atoms with van der Waals surface area (Å²) in [5.74, 6) is -0.202. The highest BCUT2D eigenvalue weighted by Crippen LogP contribution is 2.15. The standard InChI is InChI=1S/C13H19NO3/c1-16-10-8-11-5-3-4-6-12(11)14-9-7-13(15)17-2/h3-6,14H,7-10H2,1-2H3. The van der Waals surface area contributed by atoms with Crippen molar-refractivity contribution in [3.8, 4) is 0 Å². The zero-order valence-electron chi connectivity index (χ0n) is 10.4. The maximum atomic E-state index is 11.0. The molecule has 1 aromatic carbocycles. The van der Waals surface area contributed by atoms with Crippen LogP contribution in [-0.4, -0.2) is 33.3 Å².